The Hall–Kier alpha value is -2.87. The van der Waals surface area contributed by atoms with E-state index in [4.69, 9.17) is 0 Å². The summed E-state index contributed by atoms with van der Waals surface area (Å²) in [5.74, 6) is 0.00361. The molecule has 0 spiro atoms. The van der Waals surface area contributed by atoms with Crippen LogP contribution in [0.25, 0.3) is 11.1 Å². The maximum atomic E-state index is 12.2. The van der Waals surface area contributed by atoms with Gasteiger partial charge in [-0.2, -0.15) is 0 Å². The van der Waals surface area contributed by atoms with Crippen molar-refractivity contribution < 1.29 is 4.79 Å². The summed E-state index contributed by atoms with van der Waals surface area (Å²) in [4.78, 5) is 13.9. The molecule has 0 saturated heterocycles. The topological polar surface area (TPSA) is 20.3 Å². The van der Waals surface area contributed by atoms with E-state index >= 15 is 0 Å². The predicted octanol–water partition coefficient (Wildman–Crippen LogP) is 5.91. The zero-order valence-electron chi connectivity index (χ0n) is 15.0. The van der Waals surface area contributed by atoms with Crippen molar-refractivity contribution in [2.45, 2.75) is 27.2 Å². The highest BCUT2D eigenvalue weighted by Crippen LogP contribution is 2.29. The fourth-order valence-corrected chi connectivity index (χ4v) is 2.94. The van der Waals surface area contributed by atoms with Gasteiger partial charge in [-0.1, -0.05) is 61.0 Å². The Kier molecular flexibility index (Phi) is 4.99. The summed E-state index contributed by atoms with van der Waals surface area (Å²) in [7, 11) is 0. The van der Waals surface area contributed by atoms with Crippen molar-refractivity contribution in [3.05, 3.63) is 83.9 Å². The number of carbonyl (C=O) groups excluding carboxylic acids is 1. The van der Waals surface area contributed by atoms with Crippen molar-refractivity contribution in [3.63, 3.8) is 0 Å². The van der Waals surface area contributed by atoms with Crippen molar-refractivity contribution in [3.8, 4) is 11.1 Å². The molecular formula is C23H23NO. The first-order valence-corrected chi connectivity index (χ1v) is 8.65. The fourth-order valence-electron chi connectivity index (χ4n) is 2.94. The lowest BCUT2D eigenvalue weighted by Gasteiger charge is -2.22. The molecule has 126 valence electrons. The lowest BCUT2D eigenvalue weighted by Crippen LogP contribution is -2.22. The maximum absolute atomic E-state index is 12.2. The minimum absolute atomic E-state index is 0.00361. The number of anilines is 2. The summed E-state index contributed by atoms with van der Waals surface area (Å²) in [6, 6.07) is 24.8. The molecule has 0 aliphatic heterocycles. The number of nitrogens with zero attached hydrogens (tertiary/aromatic N) is 1. The molecule has 3 rings (SSSR count). The number of hydrogen-bond donors (Lipinski definition) is 0. The number of amides is 1. The first-order chi connectivity index (χ1) is 12.1. The molecule has 0 radical (unpaired) electrons. The van der Waals surface area contributed by atoms with Gasteiger partial charge in [0, 0.05) is 18.3 Å². The molecule has 2 heteroatoms. The molecule has 3 aromatic carbocycles. The van der Waals surface area contributed by atoms with E-state index in [1.807, 2.05) is 43.3 Å². The lowest BCUT2D eigenvalue weighted by atomic mass is 10.0. The van der Waals surface area contributed by atoms with Crippen LogP contribution in [0.1, 0.15) is 25.0 Å². The molecule has 0 fully saturated rings. The smallest absolute Gasteiger partial charge is 0.228 e. The van der Waals surface area contributed by atoms with Gasteiger partial charge in [0.05, 0.1) is 0 Å². The molecule has 25 heavy (non-hydrogen) atoms. The molecule has 2 nitrogen and oxygen atoms in total. The van der Waals surface area contributed by atoms with Crippen molar-refractivity contribution in [1.82, 2.24) is 0 Å². The van der Waals surface area contributed by atoms with Gasteiger partial charge in [-0.3, -0.25) is 9.69 Å². The monoisotopic (exact) mass is 329 g/mol. The van der Waals surface area contributed by atoms with Crippen LogP contribution in [0.3, 0.4) is 0 Å². The Morgan fingerprint density at radius 3 is 1.64 bits per heavy atom. The van der Waals surface area contributed by atoms with Crippen LogP contribution >= 0.6 is 0 Å². The average molecular weight is 329 g/mol. The minimum atomic E-state index is 0.00361. The molecule has 3 aromatic rings. The van der Waals surface area contributed by atoms with E-state index < -0.39 is 0 Å². The third-order valence-electron chi connectivity index (χ3n) is 4.43. The Balaban J connectivity index is 1.90. The van der Waals surface area contributed by atoms with E-state index in [1.165, 1.54) is 16.7 Å². The molecule has 0 saturated carbocycles. The van der Waals surface area contributed by atoms with Crippen LogP contribution < -0.4 is 4.90 Å². The van der Waals surface area contributed by atoms with Crippen LogP contribution in [-0.4, -0.2) is 5.91 Å². The quantitative estimate of drug-likeness (QED) is 0.583. The molecule has 0 N–H and O–H groups in total. The van der Waals surface area contributed by atoms with E-state index in [0.717, 1.165) is 23.4 Å². The van der Waals surface area contributed by atoms with Crippen LogP contribution in [0.4, 0.5) is 11.4 Å². The van der Waals surface area contributed by atoms with E-state index in [-0.39, 0.29) is 5.91 Å². The molecule has 1 amide bonds. The molecule has 0 heterocycles. The van der Waals surface area contributed by atoms with Gasteiger partial charge in [-0.15, -0.1) is 0 Å². The van der Waals surface area contributed by atoms with Crippen LogP contribution in [-0.2, 0) is 11.2 Å². The Bertz CT molecular complexity index is 846. The van der Waals surface area contributed by atoms with E-state index in [9.17, 15) is 4.79 Å². The second kappa shape index (κ2) is 7.35. The molecule has 0 atom stereocenters. The third kappa shape index (κ3) is 3.80. The largest absolute Gasteiger partial charge is 0.281 e. The number of benzene rings is 3. The number of carbonyl (C=O) groups is 1. The molecule has 0 aliphatic rings. The zero-order chi connectivity index (χ0) is 17.8. The van der Waals surface area contributed by atoms with Crippen LogP contribution in [0.2, 0.25) is 0 Å². The van der Waals surface area contributed by atoms with Crippen LogP contribution in [0.15, 0.2) is 72.8 Å². The average Bonchev–Trinajstić information content (AvgIpc) is 2.64. The first-order valence-electron chi connectivity index (χ1n) is 8.65. The highest BCUT2D eigenvalue weighted by atomic mass is 16.2. The summed E-state index contributed by atoms with van der Waals surface area (Å²) in [5.41, 5.74) is 6.62. The van der Waals surface area contributed by atoms with Crippen molar-refractivity contribution in [2.24, 2.45) is 0 Å². The number of rotatable bonds is 4. The minimum Gasteiger partial charge on any atom is -0.281 e. The van der Waals surface area contributed by atoms with Crippen molar-refractivity contribution in [2.75, 3.05) is 4.90 Å². The molecule has 0 unspecified atom stereocenters. The highest BCUT2D eigenvalue weighted by molar-refractivity contribution is 5.99. The first kappa shape index (κ1) is 17.0. The van der Waals surface area contributed by atoms with Gasteiger partial charge >= 0.3 is 0 Å². The number of aryl methyl sites for hydroxylation is 2. The van der Waals surface area contributed by atoms with Gasteiger partial charge in [0.2, 0.25) is 5.91 Å². The highest BCUT2D eigenvalue weighted by Gasteiger charge is 2.14. The summed E-state index contributed by atoms with van der Waals surface area (Å²) < 4.78 is 0. The molecule has 0 bridgehead atoms. The molecule has 0 aliphatic carbocycles. The maximum Gasteiger partial charge on any atom is 0.228 e. The standard InChI is InChI=1S/C23H23NO/c1-4-19-7-9-20(10-8-19)21-11-15-23(16-12-21)24(18(3)25)22-13-5-17(2)6-14-22/h5-16H,4H2,1-3H3. The Morgan fingerprint density at radius 2 is 1.20 bits per heavy atom. The second-order valence-corrected chi connectivity index (χ2v) is 6.29. The van der Waals surface area contributed by atoms with E-state index in [2.05, 4.69) is 43.3 Å². The Morgan fingerprint density at radius 1 is 0.760 bits per heavy atom. The summed E-state index contributed by atoms with van der Waals surface area (Å²) in [6.45, 7) is 5.79. The molecule has 0 aromatic heterocycles. The van der Waals surface area contributed by atoms with Gasteiger partial charge in [0.25, 0.3) is 0 Å². The van der Waals surface area contributed by atoms with Crippen LogP contribution in [0, 0.1) is 6.92 Å². The number of hydrogen-bond acceptors (Lipinski definition) is 1. The van der Waals surface area contributed by atoms with E-state index in [1.54, 1.807) is 11.8 Å². The summed E-state index contributed by atoms with van der Waals surface area (Å²) >= 11 is 0. The van der Waals surface area contributed by atoms with Gasteiger partial charge in [0.1, 0.15) is 0 Å². The lowest BCUT2D eigenvalue weighted by molar-refractivity contribution is -0.115. The Labute approximate surface area is 149 Å². The second-order valence-electron chi connectivity index (χ2n) is 6.29. The normalized spacial score (nSPS) is 10.5. The van der Waals surface area contributed by atoms with Gasteiger partial charge < -0.3 is 0 Å². The van der Waals surface area contributed by atoms with Gasteiger partial charge in [-0.05, 0) is 54.3 Å². The summed E-state index contributed by atoms with van der Waals surface area (Å²) in [6.07, 6.45) is 1.04. The molecular weight excluding hydrogens is 306 g/mol. The van der Waals surface area contributed by atoms with Crippen molar-refractivity contribution in [1.29, 1.82) is 0 Å². The van der Waals surface area contributed by atoms with Gasteiger partial charge in [-0.25, -0.2) is 0 Å². The van der Waals surface area contributed by atoms with Crippen LogP contribution in [0.5, 0.6) is 0 Å². The summed E-state index contributed by atoms with van der Waals surface area (Å²) in [5, 5.41) is 0. The fraction of sp³-hybridized carbons (Fsp3) is 0.174. The van der Waals surface area contributed by atoms with E-state index in [0.29, 0.717) is 0 Å². The predicted molar refractivity (Wildman–Crippen MR) is 105 cm³/mol. The van der Waals surface area contributed by atoms with Gasteiger partial charge in [0.15, 0.2) is 0 Å². The third-order valence-corrected chi connectivity index (χ3v) is 4.43. The zero-order valence-corrected chi connectivity index (χ0v) is 15.0. The van der Waals surface area contributed by atoms with Crippen molar-refractivity contribution >= 4 is 17.3 Å². The SMILES string of the molecule is CCc1ccc(-c2ccc(N(C(C)=O)c3ccc(C)cc3)cc2)cc1.